The van der Waals surface area contributed by atoms with Crippen LogP contribution in [0.4, 0.5) is 0 Å². The Bertz CT molecular complexity index is 1760. The van der Waals surface area contributed by atoms with Crippen molar-refractivity contribution in [2.45, 2.75) is 118 Å². The van der Waals surface area contributed by atoms with E-state index in [1.165, 1.54) is 36.7 Å². The first kappa shape index (κ1) is 38.9. The molecule has 2 aliphatic rings. The Labute approximate surface area is 295 Å². The number of benzene rings is 3. The molecule has 0 aromatic heterocycles. The molecule has 0 aliphatic heterocycles. The topological polar surface area (TPSA) is 0 Å². The third kappa shape index (κ3) is 6.32. The van der Waals surface area contributed by atoms with E-state index < -0.39 is 18.3 Å². The molecular weight excluding hydrogens is 679 g/mol. The molecule has 0 saturated heterocycles. The normalized spacial score (nSPS) is 16.8. The van der Waals surface area contributed by atoms with Crippen molar-refractivity contribution in [1.82, 2.24) is 0 Å². The number of halogens is 2. The predicted molar refractivity (Wildman–Crippen MR) is 209 cm³/mol. The van der Waals surface area contributed by atoms with Crippen molar-refractivity contribution in [1.29, 1.82) is 0 Å². The molecule has 0 N–H and O–H groups in total. The number of hydrogen-bond acceptors (Lipinski definition) is 0. The summed E-state index contributed by atoms with van der Waals surface area (Å²) >= 11 is -4.50. The fourth-order valence-corrected chi connectivity index (χ4v) is 23.0. The molecule has 1 atom stereocenters. The second-order valence-corrected chi connectivity index (χ2v) is 31.5. The summed E-state index contributed by atoms with van der Waals surface area (Å²) in [4.78, 5) is 0. The molecule has 46 heavy (non-hydrogen) atoms. The summed E-state index contributed by atoms with van der Waals surface area (Å²) in [6.45, 7) is 28.4. The first-order valence-electron chi connectivity index (χ1n) is 17.1. The quantitative estimate of drug-likeness (QED) is 0.191. The van der Waals surface area contributed by atoms with E-state index in [-0.39, 0.29) is 41.1 Å². The van der Waals surface area contributed by atoms with E-state index in [9.17, 15) is 0 Å². The van der Waals surface area contributed by atoms with Crippen molar-refractivity contribution in [3.05, 3.63) is 103 Å². The van der Waals surface area contributed by atoms with Crippen molar-refractivity contribution in [3.8, 4) is 11.1 Å². The number of fused-ring (bicyclic) bond motifs is 3. The molecule has 0 heterocycles. The Morgan fingerprint density at radius 2 is 1.30 bits per heavy atom. The van der Waals surface area contributed by atoms with Gasteiger partial charge in [0.05, 0.1) is 0 Å². The van der Waals surface area contributed by atoms with E-state index in [1.807, 2.05) is 0 Å². The molecule has 0 amide bonds. The van der Waals surface area contributed by atoms with E-state index in [4.69, 9.17) is 4.21 Å². The first-order chi connectivity index (χ1) is 20.2. The summed E-state index contributed by atoms with van der Waals surface area (Å²) in [5, 5.41) is 0. The molecule has 0 nitrogen and oxygen atoms in total. The van der Waals surface area contributed by atoms with Crippen LogP contribution in [0.1, 0.15) is 117 Å². The average molecular weight is 739 g/mol. The molecule has 3 aromatic rings. The monoisotopic (exact) mass is 736 g/mol. The van der Waals surface area contributed by atoms with Crippen LogP contribution in [0.25, 0.3) is 11.1 Å². The van der Waals surface area contributed by atoms with Gasteiger partial charge in [0.2, 0.25) is 0 Å². The van der Waals surface area contributed by atoms with Crippen LogP contribution in [0.2, 0.25) is 4.63 Å². The van der Waals surface area contributed by atoms with Gasteiger partial charge >= 0.3 is 272 Å². The van der Waals surface area contributed by atoms with Crippen LogP contribution in [0.3, 0.4) is 0 Å². The molecule has 0 saturated carbocycles. The standard InChI is InChI=1S/C21H25.C13H21.C7H7.CH3.CH2.2ClH.Zr/c1-20(2,3)16-9-7-14-11-15-8-10-17(21(4,5)6)13-19(15)18(14)12-16;1-6-10-8-11(7-2)12(9-10)13(3,4)5;1-7-5-3-2-4-6-7;;;;;/h7,9-10,12-13H,11H2,1-6H3;9-10H,6-7H2,1-5H3;3-6H,1H3;1H3;1H2;2*1H;. The van der Waals surface area contributed by atoms with Gasteiger partial charge in [0, 0.05) is 0 Å². The SMILES string of the molecule is Cl.Cl.[CH2]=[Zr]([CH3])([C]1=C(CC)C(C(C)(C)C)=CC1CC)([c]1ccc(C)cc1)[c]1cc(C(C)(C)C)cc2c1Cc1ccc(C(C)(C)C)cc1-2. The molecule has 250 valence electrons. The third-order valence-electron chi connectivity index (χ3n) is 11.0. The van der Waals surface area contributed by atoms with Crippen molar-refractivity contribution in [3.63, 3.8) is 0 Å². The van der Waals surface area contributed by atoms with Crippen molar-refractivity contribution in [2.24, 2.45) is 11.3 Å². The summed E-state index contributed by atoms with van der Waals surface area (Å²) < 4.78 is 13.2. The molecule has 5 rings (SSSR count). The van der Waals surface area contributed by atoms with Crippen molar-refractivity contribution in [2.75, 3.05) is 0 Å². The van der Waals surface area contributed by atoms with Crippen molar-refractivity contribution >= 4 is 35.6 Å². The van der Waals surface area contributed by atoms with Crippen molar-refractivity contribution < 1.29 is 18.3 Å². The molecule has 0 radical (unpaired) electrons. The Kier molecular flexibility index (Phi) is 10.8. The van der Waals surface area contributed by atoms with Crippen LogP contribution in [-0.4, -0.2) is 4.21 Å². The summed E-state index contributed by atoms with van der Waals surface area (Å²) in [5.74, 6) is 0.429. The van der Waals surface area contributed by atoms with Gasteiger partial charge < -0.3 is 0 Å². The Morgan fingerprint density at radius 3 is 1.80 bits per heavy atom. The van der Waals surface area contributed by atoms with Gasteiger partial charge in [-0.15, -0.1) is 24.8 Å². The maximum absolute atomic E-state index is 5.71. The average Bonchev–Trinajstić information content (AvgIpc) is 3.50. The van der Waals surface area contributed by atoms with Gasteiger partial charge in [-0.3, -0.25) is 0 Å². The van der Waals surface area contributed by atoms with Crippen LogP contribution in [-0.2, 0) is 35.5 Å². The summed E-state index contributed by atoms with van der Waals surface area (Å²) in [5.41, 5.74) is 13.5. The minimum absolute atomic E-state index is 0. The molecule has 0 fully saturated rings. The summed E-state index contributed by atoms with van der Waals surface area (Å²) in [6.07, 6.45) is 5.83. The summed E-state index contributed by atoms with van der Waals surface area (Å²) in [7, 11) is 0. The van der Waals surface area contributed by atoms with E-state index >= 15 is 0 Å². The van der Waals surface area contributed by atoms with Crippen LogP contribution in [0, 0.1) is 18.3 Å². The number of aryl methyl sites for hydroxylation is 1. The zero-order chi connectivity index (χ0) is 32.6. The molecular formula is C43H60Cl2Zr. The van der Waals surface area contributed by atoms with Crippen LogP contribution in [0.15, 0.2) is 75.1 Å². The number of rotatable bonds is 5. The van der Waals surface area contributed by atoms with Crippen LogP contribution < -0.4 is 6.54 Å². The van der Waals surface area contributed by atoms with Gasteiger partial charge in [0.1, 0.15) is 0 Å². The molecule has 3 aromatic carbocycles. The predicted octanol–water partition coefficient (Wildman–Crippen LogP) is 11.8. The van der Waals surface area contributed by atoms with Gasteiger partial charge in [-0.25, -0.2) is 0 Å². The number of allylic oxidation sites excluding steroid dienone is 4. The van der Waals surface area contributed by atoms with Crippen LogP contribution in [0.5, 0.6) is 0 Å². The van der Waals surface area contributed by atoms with E-state index in [1.54, 1.807) is 23.3 Å². The van der Waals surface area contributed by atoms with Gasteiger partial charge in [0.15, 0.2) is 0 Å². The van der Waals surface area contributed by atoms with Gasteiger partial charge in [-0.1, -0.05) is 0 Å². The summed E-state index contributed by atoms with van der Waals surface area (Å²) in [6, 6.07) is 22.1. The fraction of sp³-hybridized carbons (Fsp3) is 0.465. The zero-order valence-electron chi connectivity index (χ0n) is 31.0. The third-order valence-corrected chi connectivity index (χ3v) is 25.6. The maximum atomic E-state index is 5.71. The molecule has 3 heteroatoms. The van der Waals surface area contributed by atoms with Crippen LogP contribution >= 0.6 is 24.8 Å². The molecule has 1 unspecified atom stereocenters. The van der Waals surface area contributed by atoms with E-state index in [0.29, 0.717) is 5.92 Å². The Hall–Kier alpha value is -1.53. The minimum atomic E-state index is -4.50. The Morgan fingerprint density at radius 1 is 0.739 bits per heavy atom. The van der Waals surface area contributed by atoms with Gasteiger partial charge in [0.25, 0.3) is 0 Å². The second-order valence-electron chi connectivity index (χ2n) is 17.6. The first-order valence-corrected chi connectivity index (χ1v) is 25.0. The van der Waals surface area contributed by atoms with E-state index in [2.05, 4.69) is 148 Å². The van der Waals surface area contributed by atoms with E-state index in [0.717, 1.165) is 19.3 Å². The second kappa shape index (κ2) is 12.7. The van der Waals surface area contributed by atoms with Gasteiger partial charge in [-0.05, 0) is 0 Å². The zero-order valence-corrected chi connectivity index (χ0v) is 35.1. The molecule has 0 bridgehead atoms. The molecule has 0 spiro atoms. The fourth-order valence-electron chi connectivity index (χ4n) is 8.31. The Balaban J connectivity index is 0.00000288. The number of hydrogen-bond donors (Lipinski definition) is 0. The molecule has 2 aliphatic carbocycles. The van der Waals surface area contributed by atoms with Gasteiger partial charge in [-0.2, -0.15) is 0 Å².